The van der Waals surface area contributed by atoms with Gasteiger partial charge >= 0.3 is 0 Å². The van der Waals surface area contributed by atoms with Gasteiger partial charge in [0.15, 0.2) is 0 Å². The number of hydrogen-bond acceptors (Lipinski definition) is 9. The van der Waals surface area contributed by atoms with E-state index < -0.39 is 21.7 Å². The fourth-order valence-electron chi connectivity index (χ4n) is 5.86. The van der Waals surface area contributed by atoms with Crippen molar-refractivity contribution in [1.82, 2.24) is 19.0 Å². The molecule has 0 aromatic carbocycles. The highest BCUT2D eigenvalue weighted by atomic mass is 32.2. The Hall–Kier alpha value is -2.29. The molecule has 3 aliphatic rings. The number of nitrogens with zero attached hydrogens (tertiary/aromatic N) is 4. The maximum atomic E-state index is 14.0. The van der Waals surface area contributed by atoms with Crippen LogP contribution in [0, 0.1) is 0 Å². The highest BCUT2D eigenvalue weighted by Crippen LogP contribution is 2.32. The summed E-state index contributed by atoms with van der Waals surface area (Å²) in [6.45, 7) is 8.03. The molecular formula is C26H39N5O7S. The smallest absolute Gasteiger partial charge is 0.290 e. The molecule has 2 aromatic rings. The van der Waals surface area contributed by atoms with Crippen LogP contribution in [-0.2, 0) is 24.2 Å². The van der Waals surface area contributed by atoms with Gasteiger partial charge in [-0.25, -0.2) is 18.1 Å². The normalized spacial score (nSPS) is 27.1. The van der Waals surface area contributed by atoms with E-state index >= 15 is 0 Å². The number of carbonyl (C=O) groups is 1. The van der Waals surface area contributed by atoms with Gasteiger partial charge in [0.1, 0.15) is 4.90 Å². The standard InChI is InChI=1S/C26H39N5O7S/c1-17-12-29(13-18(2)38-17)21-10-19(39(34,35)28-26(3)15-37-16-26)14-31-22(21)11-27-24(31)25(33)30(8-9-36-4)20-6-5-7-23(20)32/h10-11,14,17-18,20,23,28,32H,5-9,12-13,15-16H2,1-4H3/t17-,18-,20-,23-/m0/s1. The number of aliphatic hydroxyl groups is 1. The molecule has 0 bridgehead atoms. The molecule has 0 radical (unpaired) electrons. The molecule has 2 aromatic heterocycles. The Morgan fingerprint density at radius 2 is 2.00 bits per heavy atom. The maximum Gasteiger partial charge on any atom is 0.290 e. The van der Waals surface area contributed by atoms with Crippen LogP contribution in [0.1, 0.15) is 50.7 Å². The van der Waals surface area contributed by atoms with Crippen molar-refractivity contribution in [2.24, 2.45) is 0 Å². The Bertz CT molecular complexity index is 1300. The Morgan fingerprint density at radius 3 is 2.59 bits per heavy atom. The minimum absolute atomic E-state index is 0.0290. The van der Waals surface area contributed by atoms with Crippen LogP contribution >= 0.6 is 0 Å². The lowest BCUT2D eigenvalue weighted by atomic mass is 10.0. The monoisotopic (exact) mass is 565 g/mol. The Balaban J connectivity index is 1.60. The van der Waals surface area contributed by atoms with E-state index in [1.54, 1.807) is 35.6 Å². The van der Waals surface area contributed by atoms with E-state index in [4.69, 9.17) is 14.2 Å². The molecule has 4 heterocycles. The molecule has 1 amide bonds. The van der Waals surface area contributed by atoms with Gasteiger partial charge in [-0.15, -0.1) is 0 Å². The van der Waals surface area contributed by atoms with Crippen molar-refractivity contribution < 1.29 is 32.5 Å². The van der Waals surface area contributed by atoms with Crippen LogP contribution in [0.4, 0.5) is 5.69 Å². The summed E-state index contributed by atoms with van der Waals surface area (Å²) >= 11 is 0. The number of fused-ring (bicyclic) bond motifs is 1. The van der Waals surface area contributed by atoms with Gasteiger partial charge in [0.05, 0.1) is 67.1 Å². The van der Waals surface area contributed by atoms with Gasteiger partial charge in [0, 0.05) is 32.9 Å². The lowest BCUT2D eigenvalue weighted by molar-refractivity contribution is -0.0523. The quantitative estimate of drug-likeness (QED) is 0.457. The number of amides is 1. The number of imidazole rings is 1. The average Bonchev–Trinajstić information content (AvgIpc) is 3.48. The molecule has 2 saturated heterocycles. The highest BCUT2D eigenvalue weighted by molar-refractivity contribution is 7.89. The zero-order chi connectivity index (χ0) is 27.9. The van der Waals surface area contributed by atoms with Crippen LogP contribution in [0.5, 0.6) is 0 Å². The first kappa shape index (κ1) is 28.2. The van der Waals surface area contributed by atoms with Gasteiger partial charge in [-0.05, 0) is 46.1 Å². The largest absolute Gasteiger partial charge is 0.391 e. The van der Waals surface area contributed by atoms with Crippen LogP contribution in [0.15, 0.2) is 23.4 Å². The molecule has 0 spiro atoms. The minimum Gasteiger partial charge on any atom is -0.391 e. The number of morpholine rings is 1. The summed E-state index contributed by atoms with van der Waals surface area (Å²) in [4.78, 5) is 22.2. The van der Waals surface area contributed by atoms with E-state index in [2.05, 4.69) is 14.6 Å². The SMILES string of the molecule is COCCN(C(=O)c1ncc2c(N3C[C@H](C)O[C@@H](C)C3)cc(S(=O)(=O)NC3(C)COC3)cn12)[C@H]1CCC[C@@H]1O. The fourth-order valence-corrected chi connectivity index (χ4v) is 7.25. The third kappa shape index (κ3) is 5.66. The van der Waals surface area contributed by atoms with E-state index in [1.807, 2.05) is 13.8 Å². The van der Waals surface area contributed by atoms with Gasteiger partial charge in [-0.1, -0.05) is 0 Å². The molecule has 13 heteroatoms. The van der Waals surface area contributed by atoms with Crippen molar-refractivity contribution in [3.05, 3.63) is 24.3 Å². The lowest BCUT2D eigenvalue weighted by Gasteiger charge is -2.39. The predicted molar refractivity (Wildman–Crippen MR) is 144 cm³/mol. The number of ether oxygens (including phenoxy) is 3. The molecule has 3 fully saturated rings. The van der Waals surface area contributed by atoms with Crippen LogP contribution in [0.3, 0.4) is 0 Å². The average molecular weight is 566 g/mol. The van der Waals surface area contributed by atoms with Crippen molar-refractivity contribution in [3.63, 3.8) is 0 Å². The number of hydrogen-bond donors (Lipinski definition) is 2. The second kappa shape index (κ2) is 10.9. The van der Waals surface area contributed by atoms with Crippen LogP contribution in [0.25, 0.3) is 5.52 Å². The van der Waals surface area contributed by atoms with Gasteiger partial charge in [0.25, 0.3) is 5.91 Å². The molecule has 2 N–H and O–H groups in total. The van der Waals surface area contributed by atoms with E-state index in [0.29, 0.717) is 43.7 Å². The number of rotatable bonds is 9. The van der Waals surface area contributed by atoms with E-state index in [1.165, 1.54) is 6.20 Å². The lowest BCUT2D eigenvalue weighted by Crippen LogP contribution is -2.59. The molecule has 0 unspecified atom stereocenters. The number of methoxy groups -OCH3 is 1. The molecule has 39 heavy (non-hydrogen) atoms. The third-order valence-corrected chi connectivity index (χ3v) is 9.33. The third-order valence-electron chi connectivity index (χ3n) is 7.72. The summed E-state index contributed by atoms with van der Waals surface area (Å²) in [6, 6.07) is 1.29. The Morgan fingerprint density at radius 1 is 1.28 bits per heavy atom. The summed E-state index contributed by atoms with van der Waals surface area (Å²) in [7, 11) is -2.40. The van der Waals surface area contributed by atoms with Crippen molar-refractivity contribution in [1.29, 1.82) is 0 Å². The second-order valence-electron chi connectivity index (χ2n) is 11.3. The van der Waals surface area contributed by atoms with Crippen molar-refractivity contribution in [2.75, 3.05) is 51.5 Å². The predicted octanol–water partition coefficient (Wildman–Crippen LogP) is 1.02. The number of aromatic nitrogens is 2. The molecule has 1 aliphatic carbocycles. The van der Waals surface area contributed by atoms with Crippen LogP contribution in [0.2, 0.25) is 0 Å². The number of nitrogens with one attached hydrogen (secondary N) is 1. The van der Waals surface area contributed by atoms with Crippen LogP contribution < -0.4 is 9.62 Å². The van der Waals surface area contributed by atoms with Gasteiger partial charge in [-0.2, -0.15) is 0 Å². The highest BCUT2D eigenvalue weighted by Gasteiger charge is 2.39. The van der Waals surface area contributed by atoms with Crippen LogP contribution in [-0.4, -0.2) is 110 Å². The van der Waals surface area contributed by atoms with Gasteiger partial charge in [0.2, 0.25) is 15.8 Å². The molecule has 2 aliphatic heterocycles. The molecule has 216 valence electrons. The van der Waals surface area contributed by atoms with E-state index in [9.17, 15) is 18.3 Å². The summed E-state index contributed by atoms with van der Waals surface area (Å²) in [6.07, 6.45) is 4.44. The molecule has 12 nitrogen and oxygen atoms in total. The second-order valence-corrected chi connectivity index (χ2v) is 13.0. The number of anilines is 1. The summed E-state index contributed by atoms with van der Waals surface area (Å²) in [5, 5.41) is 10.6. The fraction of sp³-hybridized carbons (Fsp3) is 0.692. The first-order valence-corrected chi connectivity index (χ1v) is 15.0. The first-order chi connectivity index (χ1) is 18.5. The number of sulfonamides is 1. The molecule has 4 atom stereocenters. The number of carbonyl (C=O) groups excluding carboxylic acids is 1. The zero-order valence-corrected chi connectivity index (χ0v) is 23.8. The minimum atomic E-state index is -3.96. The maximum absolute atomic E-state index is 14.0. The summed E-state index contributed by atoms with van der Waals surface area (Å²) in [5.41, 5.74) is 0.584. The van der Waals surface area contributed by atoms with E-state index in [-0.39, 0.29) is 54.6 Å². The molecular weight excluding hydrogens is 526 g/mol. The zero-order valence-electron chi connectivity index (χ0n) is 23.0. The Labute approximate surface area is 229 Å². The molecule has 1 saturated carbocycles. The number of pyridine rings is 1. The topological polar surface area (TPSA) is 135 Å². The van der Waals surface area contributed by atoms with Crippen molar-refractivity contribution in [2.45, 2.75) is 74.8 Å². The first-order valence-electron chi connectivity index (χ1n) is 13.5. The number of aliphatic hydroxyl groups excluding tert-OH is 1. The van der Waals surface area contributed by atoms with Gasteiger partial charge < -0.3 is 29.1 Å². The van der Waals surface area contributed by atoms with E-state index in [0.717, 1.165) is 6.42 Å². The summed E-state index contributed by atoms with van der Waals surface area (Å²) < 4.78 is 47.9. The van der Waals surface area contributed by atoms with Gasteiger partial charge in [-0.3, -0.25) is 9.20 Å². The Kier molecular flexibility index (Phi) is 7.92. The van der Waals surface area contributed by atoms with Crippen molar-refractivity contribution in [3.8, 4) is 0 Å². The summed E-state index contributed by atoms with van der Waals surface area (Å²) in [5.74, 6) is -0.291. The molecule has 5 rings (SSSR count). The van der Waals surface area contributed by atoms with Crippen molar-refractivity contribution >= 4 is 27.1 Å².